The van der Waals surface area contributed by atoms with Crippen LogP contribution in [0, 0.1) is 0 Å². The van der Waals surface area contributed by atoms with E-state index in [0.717, 1.165) is 47.9 Å². The highest BCUT2D eigenvalue weighted by molar-refractivity contribution is 5.80. The molecule has 4 N–H and O–H groups in total. The number of likely N-dealkylation sites (tertiary alicyclic amines) is 1. The number of imidazole rings is 1. The van der Waals surface area contributed by atoms with E-state index < -0.39 is 5.69 Å². The summed E-state index contributed by atoms with van der Waals surface area (Å²) in [7, 11) is 0. The fourth-order valence-electron chi connectivity index (χ4n) is 3.78. The number of hydrogen-bond acceptors (Lipinski definition) is 8. The first-order valence-electron chi connectivity index (χ1n) is 10.4. The van der Waals surface area contributed by atoms with Crippen LogP contribution < -0.4 is 16.3 Å². The van der Waals surface area contributed by atoms with Gasteiger partial charge in [-0.25, -0.2) is 9.78 Å². The van der Waals surface area contributed by atoms with Crippen molar-refractivity contribution < 1.29 is 4.42 Å². The molecule has 4 aromatic rings. The van der Waals surface area contributed by atoms with E-state index in [2.05, 4.69) is 35.5 Å². The van der Waals surface area contributed by atoms with Gasteiger partial charge in [0.2, 0.25) is 11.9 Å². The van der Waals surface area contributed by atoms with Crippen molar-refractivity contribution in [3.63, 3.8) is 0 Å². The highest BCUT2D eigenvalue weighted by atomic mass is 16.3. The van der Waals surface area contributed by atoms with Crippen molar-refractivity contribution in [3.8, 4) is 0 Å². The Morgan fingerprint density at radius 2 is 1.97 bits per heavy atom. The monoisotopic (exact) mass is 420 g/mol. The van der Waals surface area contributed by atoms with E-state index >= 15 is 0 Å². The second kappa shape index (κ2) is 8.60. The number of nitrogens with one attached hydrogen (secondary N) is 4. The maximum Gasteiger partial charge on any atom is 0.351 e. The van der Waals surface area contributed by atoms with Gasteiger partial charge in [0.1, 0.15) is 11.6 Å². The van der Waals surface area contributed by atoms with Crippen molar-refractivity contribution in [1.29, 1.82) is 0 Å². The first kappa shape index (κ1) is 19.3. The highest BCUT2D eigenvalue weighted by Crippen LogP contribution is 2.21. The largest absolute Gasteiger partial charge is 0.467 e. The van der Waals surface area contributed by atoms with Crippen LogP contribution in [-0.2, 0) is 13.1 Å². The van der Waals surface area contributed by atoms with Crippen LogP contribution in [0.15, 0.2) is 45.8 Å². The number of anilines is 3. The van der Waals surface area contributed by atoms with Gasteiger partial charge in [-0.05, 0) is 56.3 Å². The van der Waals surface area contributed by atoms with E-state index in [1.165, 1.54) is 19.3 Å². The number of piperidine rings is 1. The summed E-state index contributed by atoms with van der Waals surface area (Å²) in [5.74, 6) is 2.21. The van der Waals surface area contributed by atoms with Crippen LogP contribution in [-0.4, -0.2) is 42.9 Å². The minimum Gasteiger partial charge on any atom is -0.467 e. The minimum atomic E-state index is -0.495. The molecule has 5 rings (SSSR count). The number of nitrogens with zero attached hydrogens (tertiary/aromatic N) is 4. The molecule has 0 aliphatic carbocycles. The van der Waals surface area contributed by atoms with Gasteiger partial charge in [-0.3, -0.25) is 9.88 Å². The predicted octanol–water partition coefficient (Wildman–Crippen LogP) is 2.98. The quantitative estimate of drug-likeness (QED) is 0.359. The van der Waals surface area contributed by atoms with Crippen molar-refractivity contribution in [1.82, 2.24) is 29.8 Å². The molecular weight excluding hydrogens is 396 g/mol. The van der Waals surface area contributed by atoms with E-state index in [1.54, 1.807) is 12.3 Å². The summed E-state index contributed by atoms with van der Waals surface area (Å²) >= 11 is 0. The first-order valence-corrected chi connectivity index (χ1v) is 10.4. The Morgan fingerprint density at radius 1 is 1.06 bits per heavy atom. The van der Waals surface area contributed by atoms with E-state index in [-0.39, 0.29) is 5.95 Å². The Kier molecular flexibility index (Phi) is 5.36. The van der Waals surface area contributed by atoms with E-state index in [1.807, 2.05) is 24.3 Å². The van der Waals surface area contributed by atoms with Gasteiger partial charge in [0.15, 0.2) is 0 Å². The molecule has 10 nitrogen and oxygen atoms in total. The Labute approximate surface area is 178 Å². The van der Waals surface area contributed by atoms with Crippen molar-refractivity contribution >= 4 is 28.6 Å². The molecule has 1 aliphatic heterocycles. The molecule has 1 aliphatic rings. The summed E-state index contributed by atoms with van der Waals surface area (Å²) < 4.78 is 5.27. The number of benzene rings is 1. The molecule has 0 saturated carbocycles. The zero-order chi connectivity index (χ0) is 21.0. The summed E-state index contributed by atoms with van der Waals surface area (Å²) in [6.07, 6.45) is 5.41. The molecule has 31 heavy (non-hydrogen) atoms. The van der Waals surface area contributed by atoms with Crippen LogP contribution in [0.5, 0.6) is 0 Å². The maximum absolute atomic E-state index is 11.9. The van der Waals surface area contributed by atoms with Crippen LogP contribution in [0.1, 0.15) is 30.8 Å². The Balaban J connectivity index is 1.29. The van der Waals surface area contributed by atoms with Gasteiger partial charge in [-0.15, -0.1) is 0 Å². The standard InChI is InChI=1S/C21H24N8O2/c30-21-27-19(22-12-15-5-4-10-31-15)26-20(28-21)23-14-6-7-16-17(11-14)25-18(24-16)13-29-8-2-1-3-9-29/h4-7,10-11H,1-3,8-9,12-13H2,(H,24,25)(H3,22,23,26,27,28,30). The van der Waals surface area contributed by atoms with Crippen molar-refractivity contribution in [3.05, 3.63) is 58.7 Å². The summed E-state index contributed by atoms with van der Waals surface area (Å²) in [5.41, 5.74) is 2.14. The molecule has 0 atom stereocenters. The van der Waals surface area contributed by atoms with Gasteiger partial charge in [-0.2, -0.15) is 9.97 Å². The molecule has 0 unspecified atom stereocenters. The Hall–Kier alpha value is -3.66. The van der Waals surface area contributed by atoms with Gasteiger partial charge >= 0.3 is 5.69 Å². The molecule has 0 bridgehead atoms. The summed E-state index contributed by atoms with van der Waals surface area (Å²) in [5, 5.41) is 6.12. The average molecular weight is 420 g/mol. The molecule has 1 aromatic carbocycles. The van der Waals surface area contributed by atoms with E-state index in [0.29, 0.717) is 12.5 Å². The Morgan fingerprint density at radius 3 is 2.81 bits per heavy atom. The number of furan rings is 1. The molecular formula is C21H24N8O2. The fourth-order valence-corrected chi connectivity index (χ4v) is 3.78. The molecule has 1 saturated heterocycles. The van der Waals surface area contributed by atoms with E-state index in [9.17, 15) is 4.79 Å². The molecule has 3 aromatic heterocycles. The van der Waals surface area contributed by atoms with Crippen LogP contribution in [0.3, 0.4) is 0 Å². The smallest absolute Gasteiger partial charge is 0.351 e. The van der Waals surface area contributed by atoms with Gasteiger partial charge in [0.25, 0.3) is 0 Å². The summed E-state index contributed by atoms with van der Waals surface area (Å²) in [4.78, 5) is 33.3. The second-order valence-corrected chi connectivity index (χ2v) is 7.64. The Bertz CT molecular complexity index is 1210. The summed E-state index contributed by atoms with van der Waals surface area (Å²) in [6.45, 7) is 3.47. The summed E-state index contributed by atoms with van der Waals surface area (Å²) in [6, 6.07) is 9.44. The normalized spacial score (nSPS) is 14.7. The van der Waals surface area contributed by atoms with Crippen LogP contribution in [0.25, 0.3) is 11.0 Å². The van der Waals surface area contributed by atoms with Crippen molar-refractivity contribution in [2.75, 3.05) is 23.7 Å². The van der Waals surface area contributed by atoms with Crippen LogP contribution in [0.4, 0.5) is 17.6 Å². The number of H-pyrrole nitrogens is 2. The predicted molar refractivity (Wildman–Crippen MR) is 117 cm³/mol. The lowest BCUT2D eigenvalue weighted by molar-refractivity contribution is 0.216. The average Bonchev–Trinajstić information content (AvgIpc) is 3.42. The lowest BCUT2D eigenvalue weighted by Gasteiger charge is -2.25. The topological polar surface area (TPSA) is 128 Å². The third kappa shape index (κ3) is 4.75. The molecule has 1 fully saturated rings. The third-order valence-corrected chi connectivity index (χ3v) is 5.27. The maximum atomic E-state index is 11.9. The SMILES string of the molecule is O=c1nc(NCc2ccco2)nc(Nc2ccc3nc(CN4CCCCC4)[nH]c3c2)[nH]1. The lowest BCUT2D eigenvalue weighted by atomic mass is 10.1. The van der Waals surface area contributed by atoms with Crippen molar-refractivity contribution in [2.24, 2.45) is 0 Å². The van der Waals surface area contributed by atoms with Crippen LogP contribution >= 0.6 is 0 Å². The second-order valence-electron chi connectivity index (χ2n) is 7.64. The zero-order valence-corrected chi connectivity index (χ0v) is 17.0. The lowest BCUT2D eigenvalue weighted by Crippen LogP contribution is -2.29. The van der Waals surface area contributed by atoms with E-state index in [4.69, 9.17) is 9.40 Å². The minimum absolute atomic E-state index is 0.217. The van der Waals surface area contributed by atoms with Gasteiger partial charge < -0.3 is 20.0 Å². The van der Waals surface area contributed by atoms with Gasteiger partial charge in [0, 0.05) is 5.69 Å². The highest BCUT2D eigenvalue weighted by Gasteiger charge is 2.13. The number of hydrogen-bond donors (Lipinski definition) is 4. The molecule has 0 radical (unpaired) electrons. The van der Waals surface area contributed by atoms with Gasteiger partial charge in [0.05, 0.1) is 30.4 Å². The molecule has 10 heteroatoms. The first-order chi connectivity index (χ1) is 15.2. The fraction of sp³-hybridized carbons (Fsp3) is 0.333. The zero-order valence-electron chi connectivity index (χ0n) is 17.0. The van der Waals surface area contributed by atoms with Crippen LogP contribution in [0.2, 0.25) is 0 Å². The molecule has 160 valence electrons. The molecule has 0 amide bonds. The molecule has 0 spiro atoms. The number of rotatable bonds is 7. The number of fused-ring (bicyclic) bond motifs is 1. The molecule has 4 heterocycles. The third-order valence-electron chi connectivity index (χ3n) is 5.27. The number of aromatic nitrogens is 5. The number of aromatic amines is 2. The van der Waals surface area contributed by atoms with Gasteiger partial charge in [-0.1, -0.05) is 6.42 Å². The van der Waals surface area contributed by atoms with Crippen molar-refractivity contribution in [2.45, 2.75) is 32.4 Å².